The molecule has 4 heteroatoms. The largest absolute Gasteiger partial charge is 0.449 e. The van der Waals surface area contributed by atoms with Crippen LogP contribution >= 0.6 is 0 Å². The topological polar surface area (TPSA) is 55.0 Å². The first-order valence-electron chi connectivity index (χ1n) is 7.05. The van der Waals surface area contributed by atoms with Crippen LogP contribution in [0.25, 0.3) is 10.9 Å². The van der Waals surface area contributed by atoms with Crippen LogP contribution in [0.5, 0.6) is 0 Å². The second-order valence-electron chi connectivity index (χ2n) is 6.14. The van der Waals surface area contributed by atoms with Crippen LogP contribution in [0.4, 0.5) is 4.79 Å². The van der Waals surface area contributed by atoms with Gasteiger partial charge in [-0.25, -0.2) is 4.79 Å². The van der Waals surface area contributed by atoms with E-state index in [1.54, 1.807) is 6.20 Å². The predicted molar refractivity (Wildman–Crippen MR) is 82.2 cm³/mol. The Balaban J connectivity index is 2.51. The van der Waals surface area contributed by atoms with Gasteiger partial charge < -0.3 is 4.74 Å². The molecule has 1 aromatic heterocycles. The molecule has 0 N–H and O–H groups in total. The number of nitrogens with zero attached hydrogens (tertiary/aromatic N) is 2. The van der Waals surface area contributed by atoms with E-state index in [0.717, 1.165) is 16.5 Å². The highest BCUT2D eigenvalue weighted by Gasteiger charge is 2.26. The van der Waals surface area contributed by atoms with E-state index < -0.39 is 11.5 Å². The summed E-state index contributed by atoms with van der Waals surface area (Å²) in [5.74, 6) is 0.283. The van der Waals surface area contributed by atoms with Gasteiger partial charge in [0, 0.05) is 11.6 Å². The molecule has 1 aromatic carbocycles. The Morgan fingerprint density at radius 3 is 2.67 bits per heavy atom. The number of ether oxygens (including phenoxy) is 1. The Labute approximate surface area is 124 Å². The standard InChI is InChI=1S/C17H20N2O2/c1-12(2)10-21-16(20)19-9-14(17(3,4)11-18)13-7-5-6-8-15(13)19/h5-9,12H,10H2,1-4H3. The van der Waals surface area contributed by atoms with Crippen LogP contribution in [0.2, 0.25) is 0 Å². The van der Waals surface area contributed by atoms with Crippen LogP contribution in [0.15, 0.2) is 30.5 Å². The minimum atomic E-state index is -0.664. The first kappa shape index (κ1) is 15.1. The van der Waals surface area contributed by atoms with Crippen LogP contribution in [0.3, 0.4) is 0 Å². The molecular formula is C17H20N2O2. The normalized spacial score (nSPS) is 11.6. The number of hydrogen-bond acceptors (Lipinski definition) is 3. The number of benzene rings is 1. The van der Waals surface area contributed by atoms with Crippen LogP contribution in [-0.2, 0) is 10.2 Å². The molecule has 1 heterocycles. The van der Waals surface area contributed by atoms with E-state index in [1.807, 2.05) is 52.0 Å². The van der Waals surface area contributed by atoms with Gasteiger partial charge >= 0.3 is 6.09 Å². The number of hydrogen-bond donors (Lipinski definition) is 0. The predicted octanol–water partition coefficient (Wildman–Crippen LogP) is 4.08. The van der Waals surface area contributed by atoms with Gasteiger partial charge in [0.15, 0.2) is 0 Å². The summed E-state index contributed by atoms with van der Waals surface area (Å²) < 4.78 is 6.79. The molecule has 0 bridgehead atoms. The van der Waals surface area contributed by atoms with Gasteiger partial charge in [-0.05, 0) is 31.4 Å². The molecule has 0 aliphatic heterocycles. The van der Waals surface area contributed by atoms with E-state index in [4.69, 9.17) is 4.74 Å². The van der Waals surface area contributed by atoms with E-state index >= 15 is 0 Å². The molecule has 0 atom stereocenters. The molecular weight excluding hydrogens is 264 g/mol. The van der Waals surface area contributed by atoms with E-state index in [2.05, 4.69) is 6.07 Å². The van der Waals surface area contributed by atoms with Crippen LogP contribution in [0.1, 0.15) is 33.3 Å². The highest BCUT2D eigenvalue weighted by atomic mass is 16.5. The molecule has 0 fully saturated rings. The highest BCUT2D eigenvalue weighted by Crippen LogP contribution is 2.31. The van der Waals surface area contributed by atoms with Crippen molar-refractivity contribution in [3.63, 3.8) is 0 Å². The van der Waals surface area contributed by atoms with Crippen molar-refractivity contribution in [2.75, 3.05) is 6.61 Å². The smallest absolute Gasteiger partial charge is 0.418 e. The van der Waals surface area contributed by atoms with E-state index in [0.29, 0.717) is 6.61 Å². The number of carbonyl (C=O) groups is 1. The minimum Gasteiger partial charge on any atom is -0.449 e. The van der Waals surface area contributed by atoms with Crippen molar-refractivity contribution in [3.05, 3.63) is 36.0 Å². The number of nitriles is 1. The van der Waals surface area contributed by atoms with Crippen molar-refractivity contribution in [2.24, 2.45) is 5.92 Å². The number of fused-ring (bicyclic) bond motifs is 1. The zero-order chi connectivity index (χ0) is 15.6. The summed E-state index contributed by atoms with van der Waals surface area (Å²) in [4.78, 5) is 12.2. The Hall–Kier alpha value is -2.28. The van der Waals surface area contributed by atoms with Gasteiger partial charge in [0.1, 0.15) is 0 Å². The average molecular weight is 284 g/mol. The number of rotatable bonds is 3. The quantitative estimate of drug-likeness (QED) is 0.853. The summed E-state index contributed by atoms with van der Waals surface area (Å²) in [6, 6.07) is 9.86. The molecule has 0 amide bonds. The minimum absolute atomic E-state index is 0.283. The summed E-state index contributed by atoms with van der Waals surface area (Å²) >= 11 is 0. The molecule has 0 aliphatic rings. The second-order valence-corrected chi connectivity index (χ2v) is 6.14. The zero-order valence-corrected chi connectivity index (χ0v) is 12.9. The Kier molecular flexibility index (Phi) is 4.04. The van der Waals surface area contributed by atoms with Gasteiger partial charge in [-0.1, -0.05) is 32.0 Å². The Bertz CT molecular complexity index is 705. The number of aromatic nitrogens is 1. The SMILES string of the molecule is CC(C)COC(=O)n1cc(C(C)(C)C#N)c2ccccc21. The van der Waals surface area contributed by atoms with Crippen LogP contribution in [0, 0.1) is 17.2 Å². The summed E-state index contributed by atoms with van der Waals surface area (Å²) in [5.41, 5.74) is 0.940. The Morgan fingerprint density at radius 2 is 2.05 bits per heavy atom. The molecule has 0 aliphatic carbocycles. The van der Waals surface area contributed by atoms with Crippen molar-refractivity contribution in [1.29, 1.82) is 5.26 Å². The second kappa shape index (κ2) is 5.61. The summed E-state index contributed by atoms with van der Waals surface area (Å²) in [6.45, 7) is 8.05. The lowest BCUT2D eigenvalue weighted by Gasteiger charge is -2.13. The van der Waals surface area contributed by atoms with Gasteiger partial charge in [0.2, 0.25) is 0 Å². The third-order valence-corrected chi connectivity index (χ3v) is 3.40. The molecule has 0 saturated carbocycles. The first-order chi connectivity index (χ1) is 9.86. The maximum Gasteiger partial charge on any atom is 0.418 e. The van der Waals surface area contributed by atoms with Crippen molar-refractivity contribution in [3.8, 4) is 6.07 Å². The van der Waals surface area contributed by atoms with Crippen molar-refractivity contribution >= 4 is 17.0 Å². The maximum absolute atomic E-state index is 12.2. The molecule has 0 spiro atoms. The van der Waals surface area contributed by atoms with Gasteiger partial charge in [-0.2, -0.15) is 5.26 Å². The lowest BCUT2D eigenvalue weighted by Crippen LogP contribution is -2.17. The first-order valence-corrected chi connectivity index (χ1v) is 7.05. The third kappa shape index (κ3) is 2.92. The fraction of sp³-hybridized carbons (Fsp3) is 0.412. The third-order valence-electron chi connectivity index (χ3n) is 3.40. The van der Waals surface area contributed by atoms with Gasteiger partial charge in [-0.15, -0.1) is 0 Å². The molecule has 21 heavy (non-hydrogen) atoms. The lowest BCUT2D eigenvalue weighted by molar-refractivity contribution is 0.135. The van der Waals surface area contributed by atoms with Crippen LogP contribution in [-0.4, -0.2) is 17.3 Å². The van der Waals surface area contributed by atoms with Gasteiger partial charge in [0.05, 0.1) is 23.6 Å². The molecule has 0 saturated heterocycles. The van der Waals surface area contributed by atoms with Crippen LogP contribution < -0.4 is 0 Å². The molecule has 2 rings (SSSR count). The molecule has 110 valence electrons. The zero-order valence-electron chi connectivity index (χ0n) is 12.9. The summed E-state index contributed by atoms with van der Waals surface area (Å²) in [6.07, 6.45) is 1.32. The van der Waals surface area contributed by atoms with Crippen molar-refractivity contribution in [2.45, 2.75) is 33.1 Å². The fourth-order valence-electron chi connectivity index (χ4n) is 2.20. The van der Waals surface area contributed by atoms with E-state index in [1.165, 1.54) is 4.57 Å². The maximum atomic E-state index is 12.2. The molecule has 0 radical (unpaired) electrons. The molecule has 2 aromatic rings. The van der Waals surface area contributed by atoms with Crippen molar-refractivity contribution < 1.29 is 9.53 Å². The monoisotopic (exact) mass is 284 g/mol. The lowest BCUT2D eigenvalue weighted by atomic mass is 9.86. The van der Waals surface area contributed by atoms with E-state index in [9.17, 15) is 10.1 Å². The number of para-hydroxylation sites is 1. The van der Waals surface area contributed by atoms with Gasteiger partial charge in [0.25, 0.3) is 0 Å². The summed E-state index contributed by atoms with van der Waals surface area (Å²) in [5, 5.41) is 10.3. The highest BCUT2D eigenvalue weighted by molar-refractivity contribution is 5.92. The van der Waals surface area contributed by atoms with E-state index in [-0.39, 0.29) is 5.92 Å². The summed E-state index contributed by atoms with van der Waals surface area (Å²) in [7, 11) is 0. The van der Waals surface area contributed by atoms with Crippen molar-refractivity contribution in [1.82, 2.24) is 4.57 Å². The number of carbonyl (C=O) groups excluding carboxylic acids is 1. The Morgan fingerprint density at radius 1 is 1.38 bits per heavy atom. The molecule has 0 unspecified atom stereocenters. The average Bonchev–Trinajstić information content (AvgIpc) is 2.85. The fourth-order valence-corrected chi connectivity index (χ4v) is 2.20. The van der Waals surface area contributed by atoms with Gasteiger partial charge in [-0.3, -0.25) is 4.57 Å². The molecule has 4 nitrogen and oxygen atoms in total.